The summed E-state index contributed by atoms with van der Waals surface area (Å²) in [5, 5.41) is 0. The molecule has 0 amide bonds. The molecule has 0 aromatic carbocycles. The van der Waals surface area contributed by atoms with Gasteiger partial charge in [0.1, 0.15) is 12.0 Å². The molecule has 0 N–H and O–H groups in total. The normalized spacial score (nSPS) is 45.6. The minimum atomic E-state index is -0.150. The number of rotatable bonds is 1. The number of carbonyl (C=O) groups is 1. The fraction of sp³-hybridized carbons (Fsp3) is 0.833. The molecular weight excluding hydrogens is 206 g/mol. The maximum absolute atomic E-state index is 11.7. The van der Waals surface area contributed by atoms with Crippen LogP contribution >= 0.6 is 0 Å². The van der Waals surface area contributed by atoms with E-state index in [-0.39, 0.29) is 36.2 Å². The van der Waals surface area contributed by atoms with Crippen LogP contribution in [-0.4, -0.2) is 30.1 Å². The van der Waals surface area contributed by atoms with Gasteiger partial charge < -0.3 is 9.47 Å². The van der Waals surface area contributed by atoms with Crippen molar-refractivity contribution in [2.75, 3.05) is 0 Å². The fourth-order valence-electron chi connectivity index (χ4n) is 3.06. The molecule has 0 aromatic heterocycles. The number of carbonyl (C=O) groups excluding carboxylic acids is 1. The van der Waals surface area contributed by atoms with E-state index < -0.39 is 0 Å². The molecule has 0 aliphatic carbocycles. The molecule has 0 unspecified atom stereocenters. The molecule has 16 heavy (non-hydrogen) atoms. The van der Waals surface area contributed by atoms with Crippen LogP contribution in [0.3, 0.4) is 0 Å². The van der Waals surface area contributed by atoms with Crippen molar-refractivity contribution in [2.45, 2.75) is 45.6 Å². The van der Waals surface area contributed by atoms with Gasteiger partial charge in [-0.15, -0.1) is 0 Å². The van der Waals surface area contributed by atoms with Crippen LogP contribution in [0, 0.1) is 17.8 Å². The van der Waals surface area contributed by atoms with Crippen LogP contribution < -0.4 is 0 Å². The van der Waals surface area contributed by atoms with E-state index in [9.17, 15) is 4.79 Å². The molecule has 3 heterocycles. The monoisotopic (exact) mass is 223 g/mol. The number of nitrogens with zero attached hydrogens (tertiary/aromatic N) is 1. The van der Waals surface area contributed by atoms with Crippen LogP contribution in [0.5, 0.6) is 0 Å². The summed E-state index contributed by atoms with van der Waals surface area (Å²) >= 11 is 0. The Balaban J connectivity index is 1.90. The molecule has 4 nitrogen and oxygen atoms in total. The molecule has 5 atom stereocenters. The van der Waals surface area contributed by atoms with Crippen molar-refractivity contribution in [2.24, 2.45) is 22.7 Å². The van der Waals surface area contributed by atoms with Crippen molar-refractivity contribution >= 4 is 11.7 Å². The average Bonchev–Trinajstić information content (AvgIpc) is 2.70. The zero-order chi connectivity index (χ0) is 11.4. The minimum Gasteiger partial charge on any atom is -0.461 e. The molecule has 88 valence electrons. The largest absolute Gasteiger partial charge is 0.461 e. The molecule has 4 heteroatoms. The molecule has 2 saturated heterocycles. The quantitative estimate of drug-likeness (QED) is 0.631. The Hall–Kier alpha value is -0.900. The number of hydrogen-bond donors (Lipinski definition) is 0. The number of esters is 1. The second-order valence-electron chi connectivity index (χ2n) is 5.35. The average molecular weight is 223 g/mol. The first-order valence-electron chi connectivity index (χ1n) is 5.98. The van der Waals surface area contributed by atoms with E-state index in [0.717, 1.165) is 12.1 Å². The van der Waals surface area contributed by atoms with Gasteiger partial charge in [-0.2, -0.15) is 0 Å². The lowest BCUT2D eigenvalue weighted by atomic mass is 9.83. The number of hydrogen-bond acceptors (Lipinski definition) is 4. The third-order valence-electron chi connectivity index (χ3n) is 3.97. The zero-order valence-corrected chi connectivity index (χ0v) is 9.84. The third kappa shape index (κ3) is 1.25. The molecule has 0 saturated carbocycles. The Kier molecular flexibility index (Phi) is 2.11. The summed E-state index contributed by atoms with van der Waals surface area (Å²) in [6.07, 6.45) is 0.851. The Morgan fingerprint density at radius 1 is 1.44 bits per heavy atom. The first-order valence-corrected chi connectivity index (χ1v) is 5.98. The molecular formula is C12H17NO3. The second-order valence-corrected chi connectivity index (χ2v) is 5.35. The first kappa shape index (κ1) is 10.3. The lowest BCUT2D eigenvalue weighted by Gasteiger charge is -2.35. The van der Waals surface area contributed by atoms with Crippen molar-refractivity contribution in [3.8, 4) is 0 Å². The molecule has 0 radical (unpaired) electrons. The molecule has 0 spiro atoms. The Morgan fingerprint density at radius 3 is 2.88 bits per heavy atom. The number of ether oxygens (including phenoxy) is 2. The Bertz CT molecular complexity index is 363. The Labute approximate surface area is 95.0 Å². The Morgan fingerprint density at radius 2 is 2.19 bits per heavy atom. The SMILES string of the molecule is CC1=N[C@@H]2O[C@H](C(C)C)C[C@@H]3OC(=O)[C@H]1[C@@H]32. The van der Waals surface area contributed by atoms with Gasteiger partial charge in [0.25, 0.3) is 0 Å². The van der Waals surface area contributed by atoms with Crippen LogP contribution in [0.2, 0.25) is 0 Å². The maximum atomic E-state index is 11.7. The van der Waals surface area contributed by atoms with Crippen LogP contribution in [0.25, 0.3) is 0 Å². The van der Waals surface area contributed by atoms with Crippen molar-refractivity contribution in [3.05, 3.63) is 0 Å². The van der Waals surface area contributed by atoms with Crippen molar-refractivity contribution in [3.63, 3.8) is 0 Å². The summed E-state index contributed by atoms with van der Waals surface area (Å²) in [5.41, 5.74) is 0.881. The predicted molar refractivity (Wildman–Crippen MR) is 58.1 cm³/mol. The highest BCUT2D eigenvalue weighted by Gasteiger charge is 2.57. The predicted octanol–water partition coefficient (Wildman–Crippen LogP) is 1.39. The highest BCUT2D eigenvalue weighted by molar-refractivity contribution is 6.04. The highest BCUT2D eigenvalue weighted by atomic mass is 16.6. The molecule has 0 bridgehead atoms. The smallest absolute Gasteiger partial charge is 0.315 e. The van der Waals surface area contributed by atoms with Crippen LogP contribution in [-0.2, 0) is 14.3 Å². The van der Waals surface area contributed by atoms with E-state index in [1.165, 1.54) is 0 Å². The lowest BCUT2D eigenvalue weighted by molar-refractivity contribution is -0.152. The summed E-state index contributed by atoms with van der Waals surface area (Å²) in [6, 6.07) is 0. The topological polar surface area (TPSA) is 47.9 Å². The van der Waals surface area contributed by atoms with Crippen LogP contribution in [0.4, 0.5) is 0 Å². The van der Waals surface area contributed by atoms with Gasteiger partial charge in [-0.25, -0.2) is 0 Å². The van der Waals surface area contributed by atoms with Crippen molar-refractivity contribution in [1.29, 1.82) is 0 Å². The van der Waals surface area contributed by atoms with E-state index >= 15 is 0 Å². The number of aliphatic imine (C=N–C) groups is 1. The van der Waals surface area contributed by atoms with Gasteiger partial charge >= 0.3 is 5.97 Å². The summed E-state index contributed by atoms with van der Waals surface area (Å²) in [7, 11) is 0. The maximum Gasteiger partial charge on any atom is 0.315 e. The van der Waals surface area contributed by atoms with E-state index in [4.69, 9.17) is 9.47 Å². The highest BCUT2D eigenvalue weighted by Crippen LogP contribution is 2.45. The van der Waals surface area contributed by atoms with E-state index in [0.29, 0.717) is 5.92 Å². The third-order valence-corrected chi connectivity index (χ3v) is 3.97. The van der Waals surface area contributed by atoms with Crippen LogP contribution in [0.15, 0.2) is 4.99 Å². The fourth-order valence-corrected chi connectivity index (χ4v) is 3.06. The molecule has 3 rings (SSSR count). The molecule has 3 aliphatic heterocycles. The zero-order valence-electron chi connectivity index (χ0n) is 9.84. The van der Waals surface area contributed by atoms with Crippen molar-refractivity contribution in [1.82, 2.24) is 0 Å². The molecule has 3 aliphatic rings. The molecule has 2 fully saturated rings. The summed E-state index contributed by atoms with van der Waals surface area (Å²) in [6.45, 7) is 6.16. The van der Waals surface area contributed by atoms with Gasteiger partial charge in [0, 0.05) is 12.1 Å². The van der Waals surface area contributed by atoms with Crippen LogP contribution in [0.1, 0.15) is 27.2 Å². The minimum absolute atomic E-state index is 0.0184. The summed E-state index contributed by atoms with van der Waals surface area (Å²) in [4.78, 5) is 16.2. The van der Waals surface area contributed by atoms with Crippen molar-refractivity contribution < 1.29 is 14.3 Å². The summed E-state index contributed by atoms with van der Waals surface area (Å²) in [5.74, 6) is 0.340. The molecule has 0 aromatic rings. The van der Waals surface area contributed by atoms with Gasteiger partial charge in [0.15, 0.2) is 6.23 Å². The lowest BCUT2D eigenvalue weighted by Crippen LogP contribution is -2.43. The van der Waals surface area contributed by atoms with Gasteiger partial charge in [0.2, 0.25) is 0 Å². The van der Waals surface area contributed by atoms with E-state index in [1.54, 1.807) is 0 Å². The second kappa shape index (κ2) is 3.29. The van der Waals surface area contributed by atoms with Gasteiger partial charge in [-0.05, 0) is 12.8 Å². The van der Waals surface area contributed by atoms with E-state index in [2.05, 4.69) is 18.8 Å². The van der Waals surface area contributed by atoms with Gasteiger partial charge in [0.05, 0.1) is 12.0 Å². The van der Waals surface area contributed by atoms with Gasteiger partial charge in [-0.1, -0.05) is 13.8 Å². The van der Waals surface area contributed by atoms with E-state index in [1.807, 2.05) is 6.92 Å². The summed E-state index contributed by atoms with van der Waals surface area (Å²) < 4.78 is 11.4. The van der Waals surface area contributed by atoms with Gasteiger partial charge in [-0.3, -0.25) is 9.79 Å². The first-order chi connectivity index (χ1) is 7.58. The standard InChI is InChI=1S/C12H17NO3/c1-5(2)7-4-8-10-9(12(14)16-8)6(3)13-11(10)15-7/h5,7-11H,4H2,1-3H3/t7-,8-,9+,10+,11+/m0/s1.